The van der Waals surface area contributed by atoms with E-state index in [2.05, 4.69) is 119 Å². The van der Waals surface area contributed by atoms with Crippen LogP contribution in [0.5, 0.6) is 0 Å². The number of halogens is 2. The van der Waals surface area contributed by atoms with Gasteiger partial charge >= 0.3 is 237 Å². The molecule has 0 fully saturated rings. The van der Waals surface area contributed by atoms with Crippen LogP contribution in [0.4, 0.5) is 0 Å². The molecule has 0 saturated carbocycles. The van der Waals surface area contributed by atoms with Crippen LogP contribution in [0, 0.1) is 0 Å². The molecule has 1 aliphatic carbocycles. The molecular formula is C33H32Cl2SiZr. The van der Waals surface area contributed by atoms with Crippen molar-refractivity contribution in [3.8, 4) is 22.3 Å². The topological polar surface area (TPSA) is 0 Å². The first-order valence-electron chi connectivity index (χ1n) is 13.2. The molecule has 4 aromatic rings. The van der Waals surface area contributed by atoms with Gasteiger partial charge in [-0.05, 0) is 0 Å². The molecule has 0 N–H and O–H groups in total. The minimum absolute atomic E-state index is 0.0262. The summed E-state index contributed by atoms with van der Waals surface area (Å²) < 4.78 is 1.43. The quantitative estimate of drug-likeness (QED) is 0.184. The molecule has 1 aliphatic heterocycles. The van der Waals surface area contributed by atoms with Crippen molar-refractivity contribution >= 4 is 46.3 Å². The van der Waals surface area contributed by atoms with Crippen LogP contribution in [0.3, 0.4) is 0 Å². The van der Waals surface area contributed by atoms with Gasteiger partial charge in [0.1, 0.15) is 0 Å². The Balaban J connectivity index is 1.55. The third kappa shape index (κ3) is 4.20. The van der Waals surface area contributed by atoms with E-state index in [1.807, 2.05) is 0 Å². The second-order valence-corrected chi connectivity index (χ2v) is 27.2. The molecule has 0 bridgehead atoms. The summed E-state index contributed by atoms with van der Waals surface area (Å²) in [7, 11) is 15.0. The van der Waals surface area contributed by atoms with E-state index in [1.54, 1.807) is 0 Å². The van der Waals surface area contributed by atoms with Gasteiger partial charge < -0.3 is 0 Å². The number of hydrogen-bond donors (Lipinski definition) is 0. The fourth-order valence-electron chi connectivity index (χ4n) is 6.41. The monoisotopic (exact) mass is 616 g/mol. The molecule has 0 nitrogen and oxygen atoms in total. The van der Waals surface area contributed by atoms with Gasteiger partial charge in [0, 0.05) is 0 Å². The van der Waals surface area contributed by atoms with E-state index in [9.17, 15) is 0 Å². The second kappa shape index (κ2) is 9.49. The zero-order chi connectivity index (χ0) is 25.9. The first-order valence-corrected chi connectivity index (χ1v) is 23.6. The Kier molecular flexibility index (Phi) is 6.56. The zero-order valence-electron chi connectivity index (χ0n) is 21.9. The minimum atomic E-state index is -3.93. The van der Waals surface area contributed by atoms with Crippen molar-refractivity contribution in [1.82, 2.24) is 0 Å². The molecule has 0 spiro atoms. The SMILES string of the molecule is CCC1=Cc2c(ccc(C(C)(C)C)c2-c2ccccc2)[CH]1[Zr]([Cl])([Cl])[c]1cccc2c1[SiH2]c1ccccc1-2. The summed E-state index contributed by atoms with van der Waals surface area (Å²) in [5.74, 6) is 0. The van der Waals surface area contributed by atoms with Gasteiger partial charge in [0.05, 0.1) is 0 Å². The van der Waals surface area contributed by atoms with Gasteiger partial charge in [0.25, 0.3) is 0 Å². The summed E-state index contributed by atoms with van der Waals surface area (Å²) >= 11 is -3.93. The fourth-order valence-corrected chi connectivity index (χ4v) is 23.4. The molecule has 0 saturated heterocycles. The van der Waals surface area contributed by atoms with Gasteiger partial charge in [-0.15, -0.1) is 0 Å². The fraction of sp³-hybridized carbons (Fsp3) is 0.212. The molecule has 186 valence electrons. The number of allylic oxidation sites excluding steroid dienone is 1. The van der Waals surface area contributed by atoms with Crippen LogP contribution in [0.1, 0.15) is 54.4 Å². The van der Waals surface area contributed by atoms with E-state index < -0.39 is 27.4 Å². The Morgan fingerprint density at radius 1 is 0.811 bits per heavy atom. The Hall–Kier alpha value is -1.70. The number of benzene rings is 4. The van der Waals surface area contributed by atoms with Gasteiger partial charge in [-0.25, -0.2) is 0 Å². The summed E-state index contributed by atoms with van der Waals surface area (Å²) in [6.07, 6.45) is 3.40. The molecule has 1 atom stereocenters. The van der Waals surface area contributed by atoms with Crippen LogP contribution in [0.2, 0.25) is 0 Å². The van der Waals surface area contributed by atoms with Crippen molar-refractivity contribution in [2.45, 2.75) is 43.2 Å². The number of fused-ring (bicyclic) bond motifs is 4. The zero-order valence-corrected chi connectivity index (χ0v) is 27.3. The maximum atomic E-state index is 7.78. The first-order chi connectivity index (χ1) is 17.7. The summed E-state index contributed by atoms with van der Waals surface area (Å²) in [6.45, 7) is 9.17. The van der Waals surface area contributed by atoms with E-state index in [0.717, 1.165) is 6.42 Å². The van der Waals surface area contributed by atoms with Crippen LogP contribution in [0.15, 0.2) is 90.5 Å². The molecule has 4 aromatic carbocycles. The third-order valence-electron chi connectivity index (χ3n) is 8.14. The van der Waals surface area contributed by atoms with E-state index in [4.69, 9.17) is 17.0 Å². The number of rotatable bonds is 4. The average molecular weight is 619 g/mol. The van der Waals surface area contributed by atoms with Gasteiger partial charge in [-0.1, -0.05) is 0 Å². The molecule has 6 rings (SSSR count). The van der Waals surface area contributed by atoms with Crippen molar-refractivity contribution in [3.05, 3.63) is 107 Å². The van der Waals surface area contributed by atoms with Gasteiger partial charge in [0.15, 0.2) is 0 Å². The van der Waals surface area contributed by atoms with Gasteiger partial charge in [0.2, 0.25) is 0 Å². The predicted octanol–water partition coefficient (Wildman–Crippen LogP) is 7.39. The molecule has 1 unspecified atom stereocenters. The van der Waals surface area contributed by atoms with Crippen molar-refractivity contribution in [2.24, 2.45) is 0 Å². The summed E-state index contributed by atoms with van der Waals surface area (Å²) in [6, 6.07) is 31.1. The van der Waals surface area contributed by atoms with Crippen LogP contribution < -0.4 is 13.6 Å². The second-order valence-electron chi connectivity index (χ2n) is 11.4. The van der Waals surface area contributed by atoms with Gasteiger partial charge in [-0.3, -0.25) is 0 Å². The number of hydrogen-bond acceptors (Lipinski definition) is 0. The summed E-state index contributed by atoms with van der Waals surface area (Å²) in [4.78, 5) is 0. The summed E-state index contributed by atoms with van der Waals surface area (Å²) in [5.41, 5.74) is 10.8. The van der Waals surface area contributed by atoms with Crippen LogP contribution in [-0.4, -0.2) is 9.52 Å². The Labute approximate surface area is 235 Å². The van der Waals surface area contributed by atoms with Crippen LogP contribution in [0.25, 0.3) is 28.3 Å². The Morgan fingerprint density at radius 2 is 1.51 bits per heavy atom. The average Bonchev–Trinajstić information content (AvgIpc) is 3.46. The third-order valence-corrected chi connectivity index (χ3v) is 22.5. The Bertz CT molecular complexity index is 1550. The van der Waals surface area contributed by atoms with Crippen LogP contribution >= 0.6 is 17.0 Å². The van der Waals surface area contributed by atoms with Crippen LogP contribution in [-0.2, 0) is 23.3 Å². The van der Waals surface area contributed by atoms with E-state index in [1.165, 1.54) is 58.2 Å². The molecular weight excluding hydrogens is 587 g/mol. The standard InChI is InChI=1S/C21H23.C12H9Si.2ClH.Zr/c1-5-15-13-17-11-12-19(21(2,3)4)20(18(17)14-15)16-9-7-6-8-10-16;1-3-7-11-9(5-1)10-6-2-4-8-12(10)13-11;;;/h6-14H,5H2,1-4H3;1-7H,13H2;2*1H;/q;;;;+2/p-2. The van der Waals surface area contributed by atoms with E-state index >= 15 is 0 Å². The molecule has 0 aromatic heterocycles. The molecule has 4 heteroatoms. The predicted molar refractivity (Wildman–Crippen MR) is 163 cm³/mol. The van der Waals surface area contributed by atoms with Crippen molar-refractivity contribution in [2.75, 3.05) is 0 Å². The van der Waals surface area contributed by atoms with Crippen molar-refractivity contribution in [1.29, 1.82) is 0 Å². The molecule has 0 amide bonds. The van der Waals surface area contributed by atoms with Crippen molar-refractivity contribution < 1.29 is 17.9 Å². The Morgan fingerprint density at radius 3 is 2.24 bits per heavy atom. The molecule has 2 aliphatic rings. The summed E-state index contributed by atoms with van der Waals surface area (Å²) in [5, 5.41) is 3.00. The molecule has 37 heavy (non-hydrogen) atoms. The van der Waals surface area contributed by atoms with E-state index in [0.29, 0.717) is 0 Å². The normalized spacial score (nSPS) is 16.9. The maximum absolute atomic E-state index is 7.78. The van der Waals surface area contributed by atoms with Gasteiger partial charge in [-0.2, -0.15) is 0 Å². The van der Waals surface area contributed by atoms with Crippen molar-refractivity contribution in [3.63, 3.8) is 0 Å². The first kappa shape index (κ1) is 25.6. The molecule has 0 radical (unpaired) electrons. The van der Waals surface area contributed by atoms with E-state index in [-0.39, 0.29) is 9.04 Å². The molecule has 1 heterocycles.